The van der Waals surface area contributed by atoms with Gasteiger partial charge in [-0.05, 0) is 36.5 Å². The lowest BCUT2D eigenvalue weighted by Crippen LogP contribution is -1.99. The fourth-order valence-corrected chi connectivity index (χ4v) is 3.12. The van der Waals surface area contributed by atoms with Gasteiger partial charge < -0.3 is 10.5 Å². The number of benzene rings is 1. The van der Waals surface area contributed by atoms with Crippen molar-refractivity contribution in [2.45, 2.75) is 19.3 Å². The Labute approximate surface area is 117 Å². The molecule has 0 spiro atoms. The zero-order chi connectivity index (χ0) is 13.6. The van der Waals surface area contributed by atoms with Gasteiger partial charge in [0.2, 0.25) is 0 Å². The molecule has 1 aromatic heterocycles. The number of aromatic nitrogens is 2. The molecule has 3 rings (SSSR count). The summed E-state index contributed by atoms with van der Waals surface area (Å²) in [5.41, 5.74) is 10.4. The van der Waals surface area contributed by atoms with E-state index in [-0.39, 0.29) is 0 Å². The van der Waals surface area contributed by atoms with Gasteiger partial charge in [-0.1, -0.05) is 11.6 Å². The van der Waals surface area contributed by atoms with Gasteiger partial charge in [0, 0.05) is 18.2 Å². The minimum atomic E-state index is 0.618. The highest BCUT2D eigenvalue weighted by atomic mass is 35.5. The fraction of sp³-hybridized carbons (Fsp3) is 0.357. The van der Waals surface area contributed by atoms with Crippen molar-refractivity contribution in [3.8, 4) is 16.9 Å². The first-order chi connectivity index (χ1) is 9.13. The summed E-state index contributed by atoms with van der Waals surface area (Å²) in [6.07, 6.45) is 4.98. The normalized spacial score (nSPS) is 13.6. The number of ether oxygens (including phenoxy) is 1. The molecule has 0 aliphatic heterocycles. The molecule has 0 bridgehead atoms. The molecule has 0 radical (unpaired) electrons. The molecule has 1 aliphatic rings. The highest BCUT2D eigenvalue weighted by Gasteiger charge is 2.23. The molecule has 0 saturated carbocycles. The molecule has 0 atom stereocenters. The summed E-state index contributed by atoms with van der Waals surface area (Å²) >= 11 is 6.48. The molecule has 1 heterocycles. The average Bonchev–Trinajstić information content (AvgIpc) is 2.98. The Morgan fingerprint density at radius 1 is 1.37 bits per heavy atom. The van der Waals surface area contributed by atoms with Crippen LogP contribution in [0.4, 0.5) is 5.82 Å². The number of rotatable bonds is 2. The zero-order valence-corrected chi connectivity index (χ0v) is 11.8. The van der Waals surface area contributed by atoms with Crippen molar-refractivity contribution in [2.24, 2.45) is 7.05 Å². The molecular formula is C14H16ClN3O. The first kappa shape index (κ1) is 12.4. The van der Waals surface area contributed by atoms with Crippen molar-refractivity contribution in [1.82, 2.24) is 9.78 Å². The summed E-state index contributed by atoms with van der Waals surface area (Å²) in [7, 11) is 3.46. The summed E-state index contributed by atoms with van der Waals surface area (Å²) in [6, 6.07) is 2.14. The first-order valence-corrected chi connectivity index (χ1v) is 6.67. The van der Waals surface area contributed by atoms with Crippen LogP contribution >= 0.6 is 11.6 Å². The SMILES string of the molecule is COc1c(-c2cnn(C)c2N)cc2c(c1Cl)CCC2. The van der Waals surface area contributed by atoms with E-state index in [1.54, 1.807) is 18.0 Å². The Bertz CT molecular complexity index is 649. The predicted octanol–water partition coefficient (Wildman–Crippen LogP) is 2.82. The molecule has 2 N–H and O–H groups in total. The van der Waals surface area contributed by atoms with Gasteiger partial charge in [-0.2, -0.15) is 5.10 Å². The van der Waals surface area contributed by atoms with Gasteiger partial charge >= 0.3 is 0 Å². The van der Waals surface area contributed by atoms with Crippen LogP contribution in [0.3, 0.4) is 0 Å². The number of hydrogen-bond acceptors (Lipinski definition) is 3. The predicted molar refractivity (Wildman–Crippen MR) is 76.6 cm³/mol. The first-order valence-electron chi connectivity index (χ1n) is 6.29. The average molecular weight is 278 g/mol. The number of methoxy groups -OCH3 is 1. The monoisotopic (exact) mass is 277 g/mol. The lowest BCUT2D eigenvalue weighted by molar-refractivity contribution is 0.416. The maximum Gasteiger partial charge on any atom is 0.145 e. The number of nitrogens with zero attached hydrogens (tertiary/aromatic N) is 2. The van der Waals surface area contributed by atoms with Gasteiger partial charge in [0.15, 0.2) is 0 Å². The molecule has 100 valence electrons. The lowest BCUT2D eigenvalue weighted by atomic mass is 10.0. The molecule has 0 unspecified atom stereocenters. The topological polar surface area (TPSA) is 53.1 Å². The maximum atomic E-state index is 6.48. The second-order valence-corrected chi connectivity index (χ2v) is 5.21. The quantitative estimate of drug-likeness (QED) is 0.918. The van der Waals surface area contributed by atoms with Crippen LogP contribution in [0.25, 0.3) is 11.1 Å². The van der Waals surface area contributed by atoms with Crippen molar-refractivity contribution in [1.29, 1.82) is 0 Å². The molecule has 1 aromatic carbocycles. The second-order valence-electron chi connectivity index (χ2n) is 4.83. The van der Waals surface area contributed by atoms with Gasteiger partial charge in [-0.3, -0.25) is 4.68 Å². The van der Waals surface area contributed by atoms with Crippen molar-refractivity contribution in [3.63, 3.8) is 0 Å². The summed E-state index contributed by atoms with van der Waals surface area (Å²) in [5.74, 6) is 1.31. The van der Waals surface area contributed by atoms with Gasteiger partial charge in [-0.15, -0.1) is 0 Å². The number of halogens is 1. The van der Waals surface area contributed by atoms with Gasteiger partial charge in [0.25, 0.3) is 0 Å². The molecule has 19 heavy (non-hydrogen) atoms. The highest BCUT2D eigenvalue weighted by molar-refractivity contribution is 6.33. The Kier molecular flexibility index (Phi) is 2.90. The Morgan fingerprint density at radius 3 is 2.79 bits per heavy atom. The molecule has 0 fully saturated rings. The van der Waals surface area contributed by atoms with E-state index in [0.717, 1.165) is 35.4 Å². The Hall–Kier alpha value is -1.68. The number of nitrogen functional groups attached to an aromatic ring is 1. The molecule has 2 aromatic rings. The van der Waals surface area contributed by atoms with Crippen molar-refractivity contribution in [3.05, 3.63) is 28.4 Å². The van der Waals surface area contributed by atoms with E-state index in [1.807, 2.05) is 7.05 Å². The summed E-state index contributed by atoms with van der Waals surface area (Å²) in [5, 5.41) is 4.90. The van der Waals surface area contributed by atoms with E-state index in [9.17, 15) is 0 Å². The largest absolute Gasteiger partial charge is 0.495 e. The summed E-state index contributed by atoms with van der Waals surface area (Å²) < 4.78 is 7.14. The molecule has 5 heteroatoms. The summed E-state index contributed by atoms with van der Waals surface area (Å²) in [6.45, 7) is 0. The van der Waals surface area contributed by atoms with Crippen molar-refractivity contribution in [2.75, 3.05) is 12.8 Å². The van der Waals surface area contributed by atoms with E-state index >= 15 is 0 Å². The van der Waals surface area contributed by atoms with E-state index in [0.29, 0.717) is 11.6 Å². The minimum absolute atomic E-state index is 0.618. The van der Waals surface area contributed by atoms with E-state index in [4.69, 9.17) is 22.1 Å². The van der Waals surface area contributed by atoms with Crippen molar-refractivity contribution >= 4 is 17.4 Å². The molecule has 0 saturated heterocycles. The van der Waals surface area contributed by atoms with Crippen LogP contribution in [0, 0.1) is 0 Å². The van der Waals surface area contributed by atoms with Gasteiger partial charge in [0.1, 0.15) is 11.6 Å². The minimum Gasteiger partial charge on any atom is -0.495 e. The van der Waals surface area contributed by atoms with Crippen LogP contribution < -0.4 is 10.5 Å². The number of fused-ring (bicyclic) bond motifs is 1. The maximum absolute atomic E-state index is 6.48. The molecule has 4 nitrogen and oxygen atoms in total. The lowest BCUT2D eigenvalue weighted by Gasteiger charge is -2.14. The number of aryl methyl sites for hydroxylation is 2. The third kappa shape index (κ3) is 1.78. The standard InChI is InChI=1S/C14H16ClN3O/c1-18-14(16)11(7-17-18)10-6-8-4-3-5-9(8)12(15)13(10)19-2/h6-7H,3-5,16H2,1-2H3. The third-order valence-corrected chi connectivity index (χ3v) is 4.17. The highest BCUT2D eigenvalue weighted by Crippen LogP contribution is 2.44. The number of hydrogen-bond donors (Lipinski definition) is 1. The molecule has 0 amide bonds. The van der Waals surface area contributed by atoms with Gasteiger partial charge in [-0.25, -0.2) is 0 Å². The van der Waals surface area contributed by atoms with Crippen LogP contribution in [0.1, 0.15) is 17.5 Å². The Morgan fingerprint density at radius 2 is 2.16 bits per heavy atom. The third-order valence-electron chi connectivity index (χ3n) is 3.77. The second kappa shape index (κ2) is 4.46. The zero-order valence-electron chi connectivity index (χ0n) is 11.0. The smallest absolute Gasteiger partial charge is 0.145 e. The van der Waals surface area contributed by atoms with Crippen LogP contribution in [0.2, 0.25) is 5.02 Å². The van der Waals surface area contributed by atoms with Crippen molar-refractivity contribution < 1.29 is 4.74 Å². The Balaban J connectivity index is 2.26. The van der Waals surface area contributed by atoms with E-state index in [1.165, 1.54) is 11.1 Å². The van der Waals surface area contributed by atoms with E-state index < -0.39 is 0 Å². The molecule has 1 aliphatic carbocycles. The summed E-state index contributed by atoms with van der Waals surface area (Å²) in [4.78, 5) is 0. The number of nitrogens with two attached hydrogens (primary N) is 1. The number of anilines is 1. The van der Waals surface area contributed by atoms with Gasteiger partial charge in [0.05, 0.1) is 18.3 Å². The fourth-order valence-electron chi connectivity index (χ4n) is 2.73. The van der Waals surface area contributed by atoms with Crippen LogP contribution in [-0.2, 0) is 19.9 Å². The van der Waals surface area contributed by atoms with Crippen LogP contribution in [-0.4, -0.2) is 16.9 Å². The van der Waals surface area contributed by atoms with E-state index in [2.05, 4.69) is 11.2 Å². The van der Waals surface area contributed by atoms with Crippen LogP contribution in [0.15, 0.2) is 12.3 Å². The molecular weight excluding hydrogens is 262 g/mol. The van der Waals surface area contributed by atoms with Crippen LogP contribution in [0.5, 0.6) is 5.75 Å².